The standard InChI is InChI=1S/C13H10ClN3O3/c14-9-3-1-4-10(7-9)16-12(18)13(19)17-15-8-11-5-2-6-20-11/h1-8H,(H,16,18)(H,17,19)/b15-8-. The SMILES string of the molecule is O=C(N/N=C\c1ccco1)C(=O)Nc1cccc(Cl)c1. The minimum atomic E-state index is -0.896. The van der Waals surface area contributed by atoms with Crippen molar-refractivity contribution in [1.82, 2.24) is 5.43 Å². The van der Waals surface area contributed by atoms with Crippen molar-refractivity contribution >= 4 is 35.3 Å². The van der Waals surface area contributed by atoms with Gasteiger partial charge in [0.05, 0.1) is 12.5 Å². The molecule has 6 nitrogen and oxygen atoms in total. The molecule has 2 aromatic rings. The van der Waals surface area contributed by atoms with Gasteiger partial charge in [-0.15, -0.1) is 0 Å². The molecule has 20 heavy (non-hydrogen) atoms. The summed E-state index contributed by atoms with van der Waals surface area (Å²) >= 11 is 5.76. The number of hydrogen-bond acceptors (Lipinski definition) is 4. The molecule has 0 spiro atoms. The molecule has 0 aliphatic carbocycles. The molecule has 7 heteroatoms. The summed E-state index contributed by atoms with van der Waals surface area (Å²) in [7, 11) is 0. The van der Waals surface area contributed by atoms with E-state index in [0.29, 0.717) is 16.5 Å². The van der Waals surface area contributed by atoms with Crippen molar-refractivity contribution in [3.8, 4) is 0 Å². The van der Waals surface area contributed by atoms with Crippen LogP contribution in [0.25, 0.3) is 0 Å². The quantitative estimate of drug-likeness (QED) is 0.515. The van der Waals surface area contributed by atoms with E-state index in [2.05, 4.69) is 15.8 Å². The summed E-state index contributed by atoms with van der Waals surface area (Å²) in [6.45, 7) is 0. The highest BCUT2D eigenvalue weighted by Crippen LogP contribution is 2.14. The number of halogens is 1. The molecule has 102 valence electrons. The van der Waals surface area contributed by atoms with Crippen LogP contribution in [-0.2, 0) is 9.59 Å². The molecule has 1 heterocycles. The lowest BCUT2D eigenvalue weighted by atomic mass is 10.3. The predicted molar refractivity (Wildman–Crippen MR) is 74.5 cm³/mol. The lowest BCUT2D eigenvalue weighted by Gasteiger charge is -2.03. The third-order valence-electron chi connectivity index (χ3n) is 2.19. The highest BCUT2D eigenvalue weighted by Gasteiger charge is 2.12. The van der Waals surface area contributed by atoms with Crippen molar-refractivity contribution in [2.75, 3.05) is 5.32 Å². The molecular weight excluding hydrogens is 282 g/mol. The topological polar surface area (TPSA) is 83.7 Å². The number of carbonyl (C=O) groups is 2. The number of hydrazone groups is 1. The number of nitrogens with zero attached hydrogens (tertiary/aromatic N) is 1. The largest absolute Gasteiger partial charge is 0.463 e. The maximum Gasteiger partial charge on any atom is 0.329 e. The second kappa shape index (κ2) is 6.53. The molecule has 0 atom stereocenters. The van der Waals surface area contributed by atoms with Crippen LogP contribution < -0.4 is 10.7 Å². The van der Waals surface area contributed by atoms with Gasteiger partial charge >= 0.3 is 11.8 Å². The minimum absolute atomic E-state index is 0.424. The molecule has 2 amide bonds. The van der Waals surface area contributed by atoms with Crippen LogP contribution >= 0.6 is 11.6 Å². The molecule has 0 fully saturated rings. The molecule has 1 aromatic heterocycles. The van der Waals surface area contributed by atoms with E-state index in [1.54, 1.807) is 30.3 Å². The number of rotatable bonds is 3. The summed E-state index contributed by atoms with van der Waals surface area (Å²) in [6.07, 6.45) is 2.75. The normalized spacial score (nSPS) is 10.4. The fourth-order valence-corrected chi connectivity index (χ4v) is 1.51. The Balaban J connectivity index is 1.87. The molecule has 0 aliphatic rings. The van der Waals surface area contributed by atoms with E-state index in [1.165, 1.54) is 18.5 Å². The molecule has 0 saturated heterocycles. The van der Waals surface area contributed by atoms with Crippen LogP contribution in [0.4, 0.5) is 5.69 Å². The fourth-order valence-electron chi connectivity index (χ4n) is 1.32. The molecule has 2 N–H and O–H groups in total. The van der Waals surface area contributed by atoms with Gasteiger partial charge in [0.15, 0.2) is 0 Å². The second-order valence-corrected chi connectivity index (χ2v) is 4.12. The number of hydrogen-bond donors (Lipinski definition) is 2. The van der Waals surface area contributed by atoms with Gasteiger partial charge in [0, 0.05) is 10.7 Å². The third-order valence-corrected chi connectivity index (χ3v) is 2.42. The van der Waals surface area contributed by atoms with Crippen LogP contribution in [0.1, 0.15) is 5.76 Å². The Morgan fingerprint density at radius 3 is 2.75 bits per heavy atom. The van der Waals surface area contributed by atoms with Crippen LogP contribution in [0.3, 0.4) is 0 Å². The van der Waals surface area contributed by atoms with Crippen molar-refractivity contribution in [2.45, 2.75) is 0 Å². The molecule has 0 unspecified atom stereocenters. The van der Waals surface area contributed by atoms with Gasteiger partial charge in [-0.2, -0.15) is 5.10 Å². The number of nitrogens with one attached hydrogen (secondary N) is 2. The predicted octanol–water partition coefficient (Wildman–Crippen LogP) is 2.02. The molecule has 0 saturated carbocycles. The van der Waals surface area contributed by atoms with Gasteiger partial charge in [-0.05, 0) is 30.3 Å². The number of amides is 2. The second-order valence-electron chi connectivity index (χ2n) is 3.68. The first-order valence-electron chi connectivity index (χ1n) is 5.58. The summed E-state index contributed by atoms with van der Waals surface area (Å²) in [5.41, 5.74) is 2.50. The zero-order chi connectivity index (χ0) is 14.4. The number of furan rings is 1. The number of benzene rings is 1. The average molecular weight is 292 g/mol. The number of carbonyl (C=O) groups excluding carboxylic acids is 2. The van der Waals surface area contributed by atoms with Crippen molar-refractivity contribution in [2.24, 2.45) is 5.10 Å². The zero-order valence-corrected chi connectivity index (χ0v) is 10.9. The molecule has 0 bridgehead atoms. The van der Waals surface area contributed by atoms with E-state index >= 15 is 0 Å². The molecule has 1 aromatic carbocycles. The Hall–Kier alpha value is -2.60. The Bertz CT molecular complexity index is 638. The van der Waals surface area contributed by atoms with Gasteiger partial charge in [0.1, 0.15) is 5.76 Å². The van der Waals surface area contributed by atoms with Crippen LogP contribution in [0.2, 0.25) is 5.02 Å². The Kier molecular flexibility index (Phi) is 4.52. The lowest BCUT2D eigenvalue weighted by molar-refractivity contribution is -0.136. The highest BCUT2D eigenvalue weighted by molar-refractivity contribution is 6.39. The van der Waals surface area contributed by atoms with Gasteiger partial charge in [-0.1, -0.05) is 17.7 Å². The number of anilines is 1. The first-order chi connectivity index (χ1) is 9.65. The Morgan fingerprint density at radius 2 is 2.05 bits per heavy atom. The maximum atomic E-state index is 11.6. The van der Waals surface area contributed by atoms with E-state index in [4.69, 9.17) is 16.0 Å². The highest BCUT2D eigenvalue weighted by atomic mass is 35.5. The summed E-state index contributed by atoms with van der Waals surface area (Å²) < 4.78 is 4.97. The van der Waals surface area contributed by atoms with Crippen LogP contribution in [0.15, 0.2) is 52.2 Å². The van der Waals surface area contributed by atoms with E-state index in [9.17, 15) is 9.59 Å². The molecule has 0 radical (unpaired) electrons. The van der Waals surface area contributed by atoms with E-state index in [-0.39, 0.29) is 0 Å². The summed E-state index contributed by atoms with van der Waals surface area (Å²) in [5.74, 6) is -1.28. The Labute approximate surface area is 119 Å². The van der Waals surface area contributed by atoms with Crippen molar-refractivity contribution < 1.29 is 14.0 Å². The van der Waals surface area contributed by atoms with Crippen molar-refractivity contribution in [1.29, 1.82) is 0 Å². The molecule has 0 aliphatic heterocycles. The van der Waals surface area contributed by atoms with Gasteiger partial charge in [-0.25, -0.2) is 5.43 Å². The lowest BCUT2D eigenvalue weighted by Crippen LogP contribution is -2.32. The summed E-state index contributed by atoms with van der Waals surface area (Å²) in [4.78, 5) is 23.0. The average Bonchev–Trinajstić information content (AvgIpc) is 2.91. The maximum absolute atomic E-state index is 11.6. The first-order valence-corrected chi connectivity index (χ1v) is 5.96. The van der Waals surface area contributed by atoms with Gasteiger partial charge in [-0.3, -0.25) is 9.59 Å². The van der Waals surface area contributed by atoms with E-state index in [0.717, 1.165) is 0 Å². The molecular formula is C13H10ClN3O3. The summed E-state index contributed by atoms with van der Waals surface area (Å²) in [6, 6.07) is 9.79. The van der Waals surface area contributed by atoms with E-state index in [1.807, 2.05) is 0 Å². The van der Waals surface area contributed by atoms with E-state index < -0.39 is 11.8 Å². The summed E-state index contributed by atoms with van der Waals surface area (Å²) in [5, 5.41) is 6.44. The Morgan fingerprint density at radius 1 is 1.20 bits per heavy atom. The van der Waals surface area contributed by atoms with Gasteiger partial charge in [0.25, 0.3) is 0 Å². The molecule has 2 rings (SSSR count). The minimum Gasteiger partial charge on any atom is -0.463 e. The van der Waals surface area contributed by atoms with Crippen molar-refractivity contribution in [3.05, 3.63) is 53.4 Å². The van der Waals surface area contributed by atoms with Crippen LogP contribution in [0.5, 0.6) is 0 Å². The smallest absolute Gasteiger partial charge is 0.329 e. The zero-order valence-electron chi connectivity index (χ0n) is 10.2. The van der Waals surface area contributed by atoms with Gasteiger partial charge < -0.3 is 9.73 Å². The van der Waals surface area contributed by atoms with Crippen LogP contribution in [-0.4, -0.2) is 18.0 Å². The van der Waals surface area contributed by atoms with Gasteiger partial charge in [0.2, 0.25) is 0 Å². The fraction of sp³-hybridized carbons (Fsp3) is 0. The van der Waals surface area contributed by atoms with Crippen molar-refractivity contribution in [3.63, 3.8) is 0 Å². The third kappa shape index (κ3) is 3.96. The first kappa shape index (κ1) is 13.8. The van der Waals surface area contributed by atoms with Crippen LogP contribution in [0, 0.1) is 0 Å². The monoisotopic (exact) mass is 291 g/mol.